The molecule has 1 saturated heterocycles. The number of carbonyl (C=O) groups is 1. The Labute approximate surface area is 132 Å². The lowest BCUT2D eigenvalue weighted by Gasteiger charge is -2.27. The van der Waals surface area contributed by atoms with Crippen LogP contribution in [0.25, 0.3) is 0 Å². The van der Waals surface area contributed by atoms with Crippen molar-refractivity contribution in [3.8, 4) is 0 Å². The minimum atomic E-state index is -0.0988. The molecule has 1 atom stereocenters. The second-order valence-electron chi connectivity index (χ2n) is 6.00. The highest BCUT2D eigenvalue weighted by atomic mass is 16.5. The average Bonchev–Trinajstić information content (AvgIpc) is 2.59. The van der Waals surface area contributed by atoms with Gasteiger partial charge in [0.1, 0.15) is 0 Å². The molecule has 2 N–H and O–H groups in total. The van der Waals surface area contributed by atoms with Gasteiger partial charge in [0.25, 0.3) is 0 Å². The molecule has 0 spiro atoms. The van der Waals surface area contributed by atoms with Gasteiger partial charge in [0.15, 0.2) is 0 Å². The van der Waals surface area contributed by atoms with Crippen LogP contribution in [0.1, 0.15) is 17.5 Å². The minimum absolute atomic E-state index is 0.0988. The minimum Gasteiger partial charge on any atom is -0.379 e. The Kier molecular flexibility index (Phi) is 5.43. The lowest BCUT2D eigenvalue weighted by molar-refractivity contribution is -0.123. The van der Waals surface area contributed by atoms with E-state index >= 15 is 0 Å². The van der Waals surface area contributed by atoms with Crippen molar-refractivity contribution in [2.24, 2.45) is 0 Å². The summed E-state index contributed by atoms with van der Waals surface area (Å²) in [7, 11) is 0. The van der Waals surface area contributed by atoms with Gasteiger partial charge in [-0.25, -0.2) is 0 Å². The van der Waals surface area contributed by atoms with Crippen LogP contribution in [-0.4, -0.2) is 56.2 Å². The van der Waals surface area contributed by atoms with E-state index in [1.54, 1.807) is 0 Å². The Morgan fingerprint density at radius 3 is 2.86 bits per heavy atom. The molecule has 5 nitrogen and oxygen atoms in total. The molecule has 1 unspecified atom stereocenters. The summed E-state index contributed by atoms with van der Waals surface area (Å²) in [5, 5.41) is 6.39. The number of morpholine rings is 1. The summed E-state index contributed by atoms with van der Waals surface area (Å²) >= 11 is 0. The average molecular weight is 303 g/mol. The molecule has 120 valence electrons. The molecule has 5 heteroatoms. The third-order valence-electron chi connectivity index (χ3n) is 4.45. The third-order valence-corrected chi connectivity index (χ3v) is 4.45. The monoisotopic (exact) mass is 303 g/mol. The summed E-state index contributed by atoms with van der Waals surface area (Å²) in [5.41, 5.74) is 2.59. The lowest BCUT2D eigenvalue weighted by Crippen LogP contribution is -2.48. The number of hydrogen-bond acceptors (Lipinski definition) is 4. The number of rotatable bonds is 5. The number of ether oxygens (including phenoxy) is 1. The van der Waals surface area contributed by atoms with Crippen molar-refractivity contribution < 1.29 is 9.53 Å². The van der Waals surface area contributed by atoms with Gasteiger partial charge in [-0.1, -0.05) is 24.3 Å². The molecular formula is C17H25N3O2. The third kappa shape index (κ3) is 4.06. The fraction of sp³-hybridized carbons (Fsp3) is 0.588. The zero-order chi connectivity index (χ0) is 15.2. The molecular weight excluding hydrogens is 278 g/mol. The number of hydrogen-bond donors (Lipinski definition) is 2. The van der Waals surface area contributed by atoms with Crippen LogP contribution in [0, 0.1) is 0 Å². The summed E-state index contributed by atoms with van der Waals surface area (Å²) in [5.74, 6) is 0.122. The number of fused-ring (bicyclic) bond motifs is 1. The van der Waals surface area contributed by atoms with Gasteiger partial charge < -0.3 is 15.4 Å². The van der Waals surface area contributed by atoms with Crippen LogP contribution in [0.3, 0.4) is 0 Å². The maximum atomic E-state index is 12.3. The van der Waals surface area contributed by atoms with Crippen molar-refractivity contribution in [1.82, 2.24) is 15.5 Å². The van der Waals surface area contributed by atoms with Crippen molar-refractivity contribution >= 4 is 5.91 Å². The van der Waals surface area contributed by atoms with Gasteiger partial charge in [-0.05, 0) is 30.5 Å². The molecule has 0 bridgehead atoms. The summed E-state index contributed by atoms with van der Waals surface area (Å²) in [4.78, 5) is 14.6. The van der Waals surface area contributed by atoms with Crippen molar-refractivity contribution in [1.29, 1.82) is 0 Å². The number of carbonyl (C=O) groups excluding carboxylic acids is 1. The highest BCUT2D eigenvalue weighted by Crippen LogP contribution is 2.16. The van der Waals surface area contributed by atoms with E-state index in [1.807, 2.05) is 12.1 Å². The van der Waals surface area contributed by atoms with Gasteiger partial charge >= 0.3 is 0 Å². The molecule has 1 fully saturated rings. The molecule has 2 aliphatic heterocycles. The molecule has 0 radical (unpaired) electrons. The van der Waals surface area contributed by atoms with E-state index in [1.165, 1.54) is 11.1 Å². The zero-order valence-corrected chi connectivity index (χ0v) is 13.0. The lowest BCUT2D eigenvalue weighted by atomic mass is 9.95. The van der Waals surface area contributed by atoms with Crippen LogP contribution < -0.4 is 10.6 Å². The van der Waals surface area contributed by atoms with Crippen LogP contribution in [0.5, 0.6) is 0 Å². The molecule has 3 rings (SSSR count). The number of nitrogens with zero attached hydrogens (tertiary/aromatic N) is 1. The predicted octanol–water partition coefficient (Wildman–Crippen LogP) is 0.539. The molecule has 0 aliphatic carbocycles. The maximum Gasteiger partial charge on any atom is 0.237 e. The Balaban J connectivity index is 1.37. The molecule has 0 aromatic heterocycles. The van der Waals surface area contributed by atoms with E-state index in [9.17, 15) is 4.79 Å². The van der Waals surface area contributed by atoms with Gasteiger partial charge in [-0.2, -0.15) is 0 Å². The van der Waals surface area contributed by atoms with E-state index in [0.29, 0.717) is 0 Å². The molecule has 1 aromatic rings. The Morgan fingerprint density at radius 1 is 1.27 bits per heavy atom. The summed E-state index contributed by atoms with van der Waals surface area (Å²) in [6, 6.07) is 8.24. The molecule has 0 saturated carbocycles. The van der Waals surface area contributed by atoms with Crippen molar-refractivity contribution in [2.75, 3.05) is 39.4 Å². The second kappa shape index (κ2) is 7.72. The first-order chi connectivity index (χ1) is 10.8. The Bertz CT molecular complexity index is 500. The van der Waals surface area contributed by atoms with Crippen LogP contribution in [-0.2, 0) is 22.5 Å². The van der Waals surface area contributed by atoms with Crippen LogP contribution in [0.2, 0.25) is 0 Å². The van der Waals surface area contributed by atoms with E-state index < -0.39 is 0 Å². The number of benzene rings is 1. The molecule has 1 amide bonds. The fourth-order valence-electron chi connectivity index (χ4n) is 3.10. The maximum absolute atomic E-state index is 12.3. The first-order valence-electron chi connectivity index (χ1n) is 8.21. The van der Waals surface area contributed by atoms with Gasteiger partial charge in [0.2, 0.25) is 5.91 Å². The SMILES string of the molecule is O=C(NCCCN1CCOCC1)C1Cc2ccccc2CN1. The summed E-state index contributed by atoms with van der Waals surface area (Å²) < 4.78 is 5.33. The molecule has 22 heavy (non-hydrogen) atoms. The highest BCUT2D eigenvalue weighted by molar-refractivity contribution is 5.82. The number of nitrogens with one attached hydrogen (secondary N) is 2. The van der Waals surface area contributed by atoms with Gasteiger partial charge in [-0.3, -0.25) is 9.69 Å². The highest BCUT2D eigenvalue weighted by Gasteiger charge is 2.23. The van der Waals surface area contributed by atoms with Gasteiger partial charge in [0, 0.05) is 26.2 Å². The summed E-state index contributed by atoms with van der Waals surface area (Å²) in [6.07, 6.45) is 1.78. The fourth-order valence-corrected chi connectivity index (χ4v) is 3.10. The van der Waals surface area contributed by atoms with E-state index in [-0.39, 0.29) is 11.9 Å². The smallest absolute Gasteiger partial charge is 0.237 e. The van der Waals surface area contributed by atoms with E-state index in [2.05, 4.69) is 27.7 Å². The quantitative estimate of drug-likeness (QED) is 0.780. The topological polar surface area (TPSA) is 53.6 Å². The summed E-state index contributed by atoms with van der Waals surface area (Å²) in [6.45, 7) is 6.24. The second-order valence-corrected chi connectivity index (χ2v) is 6.00. The van der Waals surface area contributed by atoms with Crippen molar-refractivity contribution in [3.63, 3.8) is 0 Å². The first kappa shape index (κ1) is 15.5. The first-order valence-corrected chi connectivity index (χ1v) is 8.21. The number of amides is 1. The van der Waals surface area contributed by atoms with E-state index in [0.717, 1.165) is 58.8 Å². The standard InChI is InChI=1S/C17H25N3O2/c21-17(18-6-3-7-20-8-10-22-11-9-20)16-12-14-4-1-2-5-15(14)13-19-16/h1-2,4-5,16,19H,3,6-13H2,(H,18,21). The van der Waals surface area contributed by atoms with Crippen molar-refractivity contribution in [3.05, 3.63) is 35.4 Å². The Morgan fingerprint density at radius 2 is 2.05 bits per heavy atom. The van der Waals surface area contributed by atoms with Crippen LogP contribution in [0.4, 0.5) is 0 Å². The zero-order valence-electron chi connectivity index (χ0n) is 13.0. The molecule has 2 heterocycles. The molecule has 2 aliphatic rings. The van der Waals surface area contributed by atoms with Gasteiger partial charge in [-0.15, -0.1) is 0 Å². The molecule has 1 aromatic carbocycles. The van der Waals surface area contributed by atoms with Crippen molar-refractivity contribution in [2.45, 2.75) is 25.4 Å². The Hall–Kier alpha value is -1.43. The van der Waals surface area contributed by atoms with E-state index in [4.69, 9.17) is 4.74 Å². The van der Waals surface area contributed by atoms with Gasteiger partial charge in [0.05, 0.1) is 19.3 Å². The predicted molar refractivity (Wildman–Crippen MR) is 85.7 cm³/mol. The van der Waals surface area contributed by atoms with Crippen LogP contribution >= 0.6 is 0 Å². The van der Waals surface area contributed by atoms with Crippen LogP contribution in [0.15, 0.2) is 24.3 Å². The normalized spacial score (nSPS) is 22.1. The largest absolute Gasteiger partial charge is 0.379 e.